The van der Waals surface area contributed by atoms with Crippen LogP contribution in [0, 0.1) is 5.82 Å². The van der Waals surface area contributed by atoms with Crippen LogP contribution in [0.1, 0.15) is 46.5 Å². The van der Waals surface area contributed by atoms with E-state index in [2.05, 4.69) is 10.2 Å². The average molecular weight is 439 g/mol. The fourth-order valence-corrected chi connectivity index (χ4v) is 4.26. The molecule has 0 radical (unpaired) electrons. The van der Waals surface area contributed by atoms with Crippen molar-refractivity contribution in [3.8, 4) is 5.75 Å². The first-order valence-corrected chi connectivity index (χ1v) is 11.0. The number of amides is 1. The van der Waals surface area contributed by atoms with Crippen LogP contribution in [0.25, 0.3) is 0 Å². The topological polar surface area (TPSA) is 69.5 Å². The number of ether oxygens (including phenoxy) is 2. The summed E-state index contributed by atoms with van der Waals surface area (Å²) in [5, 5.41) is 9.08. The molecule has 1 aromatic carbocycles. The van der Waals surface area contributed by atoms with E-state index < -0.39 is 5.82 Å². The van der Waals surface area contributed by atoms with Crippen molar-refractivity contribution in [2.75, 3.05) is 19.5 Å². The lowest BCUT2D eigenvalue weighted by Gasteiger charge is -2.30. The van der Waals surface area contributed by atoms with Gasteiger partial charge in [0.1, 0.15) is 6.61 Å². The zero-order chi connectivity index (χ0) is 22.3. The molecule has 1 atom stereocenters. The highest BCUT2D eigenvalue weighted by Gasteiger charge is 2.23. The average Bonchev–Trinajstić information content (AvgIpc) is 3.08. The van der Waals surface area contributed by atoms with Crippen LogP contribution in [-0.2, 0) is 16.1 Å². The minimum atomic E-state index is -0.434. The second-order valence-electron chi connectivity index (χ2n) is 7.57. The second kappa shape index (κ2) is 11.3. The number of benzene rings is 1. The monoisotopic (exact) mass is 438 g/mol. The number of para-hydroxylation sites is 1. The highest BCUT2D eigenvalue weighted by Crippen LogP contribution is 2.24. The molecule has 2 rings (SSSR count). The lowest BCUT2D eigenvalue weighted by atomic mass is 10.2. The zero-order valence-corrected chi connectivity index (χ0v) is 19.3. The van der Waals surface area contributed by atoms with Crippen LogP contribution in [0.2, 0.25) is 0 Å². The van der Waals surface area contributed by atoms with Gasteiger partial charge in [0, 0.05) is 19.2 Å². The van der Waals surface area contributed by atoms with Crippen LogP contribution in [0.3, 0.4) is 0 Å². The van der Waals surface area contributed by atoms with Gasteiger partial charge in [0.25, 0.3) is 0 Å². The van der Waals surface area contributed by atoms with Crippen molar-refractivity contribution in [2.24, 2.45) is 0 Å². The fraction of sp³-hybridized carbons (Fsp3) is 0.571. The molecule has 30 heavy (non-hydrogen) atoms. The quantitative estimate of drug-likeness (QED) is 0.495. The summed E-state index contributed by atoms with van der Waals surface area (Å²) in [6, 6.07) is 6.38. The van der Waals surface area contributed by atoms with Crippen molar-refractivity contribution in [2.45, 2.75) is 64.5 Å². The molecule has 0 spiro atoms. The third-order valence-corrected chi connectivity index (χ3v) is 5.43. The highest BCUT2D eigenvalue weighted by molar-refractivity contribution is 7.99. The number of carbonyl (C=O) groups is 1. The summed E-state index contributed by atoms with van der Waals surface area (Å²) in [7, 11) is 1.62. The maximum Gasteiger partial charge on any atom is 0.233 e. The minimum Gasteiger partial charge on any atom is -0.483 e. The van der Waals surface area contributed by atoms with E-state index in [-0.39, 0.29) is 42.1 Å². The maximum atomic E-state index is 13.9. The first kappa shape index (κ1) is 24.1. The summed E-state index contributed by atoms with van der Waals surface area (Å²) in [6.07, 6.45) is 0. The molecule has 0 saturated heterocycles. The van der Waals surface area contributed by atoms with Crippen molar-refractivity contribution in [3.05, 3.63) is 35.9 Å². The van der Waals surface area contributed by atoms with Gasteiger partial charge in [-0.2, -0.15) is 0 Å². The van der Waals surface area contributed by atoms with Crippen LogP contribution in [-0.4, -0.2) is 57.1 Å². The van der Waals surface area contributed by atoms with Gasteiger partial charge < -0.3 is 14.4 Å². The zero-order valence-electron chi connectivity index (χ0n) is 18.5. The Kier molecular flexibility index (Phi) is 9.10. The predicted molar refractivity (Wildman–Crippen MR) is 115 cm³/mol. The summed E-state index contributed by atoms with van der Waals surface area (Å²) in [6.45, 7) is 10.5. The standard InChI is InChI=1S/C21H31FN4O3S/c1-14(2)25(15(3)4)20(27)13-30-21-24-23-19(26(21)16(5)11-28-6)12-29-18-10-8-7-9-17(18)22/h7-10,14-16H,11-13H2,1-6H3. The number of aromatic nitrogens is 3. The highest BCUT2D eigenvalue weighted by atomic mass is 32.2. The number of methoxy groups -OCH3 is 1. The Morgan fingerprint density at radius 3 is 2.43 bits per heavy atom. The van der Waals surface area contributed by atoms with E-state index in [0.717, 1.165) is 0 Å². The number of halogens is 1. The summed E-state index contributed by atoms with van der Waals surface area (Å²) >= 11 is 1.33. The molecular weight excluding hydrogens is 407 g/mol. The van der Waals surface area contributed by atoms with E-state index in [1.54, 1.807) is 25.3 Å². The van der Waals surface area contributed by atoms with Crippen LogP contribution in [0.5, 0.6) is 5.75 Å². The minimum absolute atomic E-state index is 0.0445. The number of carbonyl (C=O) groups excluding carboxylic acids is 1. The van der Waals surface area contributed by atoms with E-state index in [1.807, 2.05) is 44.1 Å². The molecular formula is C21H31FN4O3S. The van der Waals surface area contributed by atoms with Gasteiger partial charge in [-0.25, -0.2) is 4.39 Å². The van der Waals surface area contributed by atoms with Gasteiger partial charge in [-0.05, 0) is 46.8 Å². The first-order valence-electron chi connectivity index (χ1n) is 10.00. The molecule has 7 nitrogen and oxygen atoms in total. The molecule has 1 aromatic heterocycles. The molecule has 0 aliphatic carbocycles. The van der Waals surface area contributed by atoms with E-state index in [9.17, 15) is 9.18 Å². The number of hydrogen-bond acceptors (Lipinski definition) is 6. The lowest BCUT2D eigenvalue weighted by Crippen LogP contribution is -2.43. The van der Waals surface area contributed by atoms with E-state index in [0.29, 0.717) is 17.6 Å². The normalized spacial score (nSPS) is 12.4. The van der Waals surface area contributed by atoms with Crippen LogP contribution < -0.4 is 4.74 Å². The Bertz CT molecular complexity index is 820. The first-order chi connectivity index (χ1) is 14.3. The molecule has 0 saturated carbocycles. The molecule has 0 N–H and O–H groups in total. The summed E-state index contributed by atoms with van der Waals surface area (Å²) in [4.78, 5) is 14.6. The SMILES string of the molecule is COCC(C)n1c(COc2ccccc2F)nnc1SCC(=O)N(C(C)C)C(C)C. The number of nitrogens with zero attached hydrogens (tertiary/aromatic N) is 4. The van der Waals surface area contributed by atoms with Gasteiger partial charge in [0.2, 0.25) is 5.91 Å². The van der Waals surface area contributed by atoms with E-state index >= 15 is 0 Å². The molecule has 9 heteroatoms. The van der Waals surface area contributed by atoms with Gasteiger partial charge in [-0.1, -0.05) is 23.9 Å². The van der Waals surface area contributed by atoms with Crippen molar-refractivity contribution >= 4 is 17.7 Å². The van der Waals surface area contributed by atoms with Crippen LogP contribution >= 0.6 is 11.8 Å². The largest absolute Gasteiger partial charge is 0.483 e. The second-order valence-corrected chi connectivity index (χ2v) is 8.51. The third-order valence-electron chi connectivity index (χ3n) is 4.50. The molecule has 1 heterocycles. The predicted octanol–water partition coefficient (Wildman–Crippen LogP) is 3.94. The van der Waals surface area contributed by atoms with Crippen molar-refractivity contribution in [1.82, 2.24) is 19.7 Å². The maximum absolute atomic E-state index is 13.9. The molecule has 1 amide bonds. The van der Waals surface area contributed by atoms with Crippen LogP contribution in [0.4, 0.5) is 4.39 Å². The Hall–Kier alpha value is -2.13. The molecule has 0 aliphatic rings. The Labute approximate surface area is 181 Å². The molecule has 0 bridgehead atoms. The van der Waals surface area contributed by atoms with E-state index in [4.69, 9.17) is 9.47 Å². The Morgan fingerprint density at radius 1 is 1.17 bits per heavy atom. The smallest absolute Gasteiger partial charge is 0.233 e. The number of rotatable bonds is 11. The van der Waals surface area contributed by atoms with Crippen molar-refractivity contribution < 1.29 is 18.7 Å². The van der Waals surface area contributed by atoms with Crippen LogP contribution in [0.15, 0.2) is 29.4 Å². The number of hydrogen-bond donors (Lipinski definition) is 0. The number of thioether (sulfide) groups is 1. The van der Waals surface area contributed by atoms with Gasteiger partial charge in [-0.15, -0.1) is 10.2 Å². The molecule has 0 aliphatic heterocycles. The van der Waals surface area contributed by atoms with Crippen molar-refractivity contribution in [1.29, 1.82) is 0 Å². The van der Waals surface area contributed by atoms with E-state index in [1.165, 1.54) is 17.8 Å². The summed E-state index contributed by atoms with van der Waals surface area (Å²) in [5.74, 6) is 0.560. The van der Waals surface area contributed by atoms with Gasteiger partial charge in [0.15, 0.2) is 22.5 Å². The molecule has 2 aromatic rings. The lowest BCUT2D eigenvalue weighted by molar-refractivity contribution is -0.131. The third kappa shape index (κ3) is 6.18. The molecule has 166 valence electrons. The molecule has 0 fully saturated rings. The fourth-order valence-electron chi connectivity index (χ4n) is 3.34. The van der Waals surface area contributed by atoms with Gasteiger partial charge in [0.05, 0.1) is 18.4 Å². The Balaban J connectivity index is 2.17. The summed E-state index contributed by atoms with van der Waals surface area (Å²) < 4.78 is 26.6. The van der Waals surface area contributed by atoms with Crippen molar-refractivity contribution in [3.63, 3.8) is 0 Å². The van der Waals surface area contributed by atoms with Gasteiger partial charge >= 0.3 is 0 Å². The Morgan fingerprint density at radius 2 is 1.83 bits per heavy atom. The molecule has 1 unspecified atom stereocenters. The van der Waals surface area contributed by atoms with Gasteiger partial charge in [-0.3, -0.25) is 9.36 Å². The summed E-state index contributed by atoms with van der Waals surface area (Å²) in [5.41, 5.74) is 0.